The first-order valence-electron chi connectivity index (χ1n) is 5.18. The van der Waals surface area contributed by atoms with Crippen LogP contribution >= 0.6 is 27.7 Å². The highest BCUT2D eigenvalue weighted by Gasteiger charge is 2.13. The van der Waals surface area contributed by atoms with Crippen molar-refractivity contribution in [1.29, 1.82) is 0 Å². The normalized spacial score (nSPS) is 13.1. The van der Waals surface area contributed by atoms with Crippen LogP contribution in [0.3, 0.4) is 0 Å². The second kappa shape index (κ2) is 6.60. The molecule has 0 fully saturated rings. The van der Waals surface area contributed by atoms with Gasteiger partial charge in [0.05, 0.1) is 0 Å². The van der Waals surface area contributed by atoms with E-state index in [-0.39, 0.29) is 11.6 Å². The Morgan fingerprint density at radius 3 is 2.56 bits per heavy atom. The van der Waals surface area contributed by atoms with Gasteiger partial charge in [0.15, 0.2) is 0 Å². The van der Waals surface area contributed by atoms with Crippen LogP contribution in [-0.2, 0) is 0 Å². The average Bonchev–Trinajstić information content (AvgIpc) is 2.23. The minimum absolute atomic E-state index is 0.344. The summed E-state index contributed by atoms with van der Waals surface area (Å²) in [5.74, 6) is 1.06. The summed E-state index contributed by atoms with van der Waals surface area (Å²) < 4.78 is 26.2. The molecule has 0 aliphatic rings. The molecule has 0 saturated heterocycles. The molecule has 0 heterocycles. The average molecular weight is 309 g/mol. The van der Waals surface area contributed by atoms with Crippen molar-refractivity contribution in [3.63, 3.8) is 0 Å². The molecule has 1 unspecified atom stereocenters. The van der Waals surface area contributed by atoms with Crippen LogP contribution < -0.4 is 0 Å². The first-order chi connectivity index (χ1) is 7.54. The molecule has 0 N–H and O–H groups in total. The SMILES string of the molecule is CC(C)C(CBr)CSc1cc(F)ccc1F. The van der Waals surface area contributed by atoms with Gasteiger partial charge in [-0.3, -0.25) is 0 Å². The lowest BCUT2D eigenvalue weighted by Crippen LogP contribution is -2.13. The zero-order chi connectivity index (χ0) is 12.1. The summed E-state index contributed by atoms with van der Waals surface area (Å²) in [7, 11) is 0. The molecule has 1 aromatic rings. The molecule has 0 aromatic heterocycles. The maximum absolute atomic E-state index is 13.3. The van der Waals surface area contributed by atoms with Crippen LogP contribution in [0, 0.1) is 23.5 Å². The van der Waals surface area contributed by atoms with Gasteiger partial charge in [-0.1, -0.05) is 29.8 Å². The van der Waals surface area contributed by atoms with E-state index in [0.717, 1.165) is 17.1 Å². The third-order valence-electron chi connectivity index (χ3n) is 2.49. The van der Waals surface area contributed by atoms with Gasteiger partial charge in [0.1, 0.15) is 11.6 Å². The fraction of sp³-hybridized carbons (Fsp3) is 0.500. The van der Waals surface area contributed by atoms with Crippen molar-refractivity contribution in [3.8, 4) is 0 Å². The van der Waals surface area contributed by atoms with Crippen molar-refractivity contribution in [2.45, 2.75) is 18.7 Å². The molecule has 0 saturated carbocycles. The summed E-state index contributed by atoms with van der Waals surface area (Å²) in [6.07, 6.45) is 0. The highest BCUT2D eigenvalue weighted by Crippen LogP contribution is 2.27. The smallest absolute Gasteiger partial charge is 0.136 e. The summed E-state index contributed by atoms with van der Waals surface area (Å²) >= 11 is 4.82. The maximum Gasteiger partial charge on any atom is 0.136 e. The predicted molar refractivity (Wildman–Crippen MR) is 69.2 cm³/mol. The molecule has 1 atom stereocenters. The molecule has 16 heavy (non-hydrogen) atoms. The van der Waals surface area contributed by atoms with Crippen LogP contribution in [0.2, 0.25) is 0 Å². The van der Waals surface area contributed by atoms with E-state index in [1.165, 1.54) is 23.9 Å². The lowest BCUT2D eigenvalue weighted by atomic mass is 10.0. The third-order valence-corrected chi connectivity index (χ3v) is 4.54. The van der Waals surface area contributed by atoms with Crippen LogP contribution in [0.5, 0.6) is 0 Å². The van der Waals surface area contributed by atoms with Gasteiger partial charge in [-0.15, -0.1) is 11.8 Å². The molecule has 0 aliphatic carbocycles. The standard InChI is InChI=1S/C12H15BrF2S/c1-8(2)9(6-13)7-16-12-5-10(14)3-4-11(12)15/h3-5,8-9H,6-7H2,1-2H3. The van der Waals surface area contributed by atoms with Crippen LogP contribution in [0.4, 0.5) is 8.78 Å². The van der Waals surface area contributed by atoms with Crippen molar-refractivity contribution in [2.75, 3.05) is 11.1 Å². The van der Waals surface area contributed by atoms with Crippen molar-refractivity contribution < 1.29 is 8.78 Å². The van der Waals surface area contributed by atoms with E-state index in [1.807, 2.05) is 0 Å². The Morgan fingerprint density at radius 2 is 2.00 bits per heavy atom. The van der Waals surface area contributed by atoms with Crippen LogP contribution in [0.15, 0.2) is 23.1 Å². The van der Waals surface area contributed by atoms with Crippen molar-refractivity contribution >= 4 is 27.7 Å². The largest absolute Gasteiger partial charge is 0.207 e. The van der Waals surface area contributed by atoms with E-state index in [2.05, 4.69) is 29.8 Å². The second-order valence-corrected chi connectivity index (χ2v) is 5.75. The van der Waals surface area contributed by atoms with Crippen LogP contribution in [0.25, 0.3) is 0 Å². The molecule has 0 radical (unpaired) electrons. The van der Waals surface area contributed by atoms with E-state index in [1.54, 1.807) is 0 Å². The van der Waals surface area contributed by atoms with Gasteiger partial charge < -0.3 is 0 Å². The second-order valence-electron chi connectivity index (χ2n) is 4.04. The van der Waals surface area contributed by atoms with E-state index in [0.29, 0.717) is 16.7 Å². The Balaban J connectivity index is 2.63. The first-order valence-corrected chi connectivity index (χ1v) is 7.29. The van der Waals surface area contributed by atoms with Gasteiger partial charge in [0.2, 0.25) is 0 Å². The van der Waals surface area contributed by atoms with Gasteiger partial charge in [0, 0.05) is 16.0 Å². The molecule has 0 bridgehead atoms. The van der Waals surface area contributed by atoms with E-state index in [9.17, 15) is 8.78 Å². The Morgan fingerprint density at radius 1 is 1.31 bits per heavy atom. The molecular formula is C12H15BrF2S. The zero-order valence-electron chi connectivity index (χ0n) is 9.34. The number of alkyl halides is 1. The van der Waals surface area contributed by atoms with Gasteiger partial charge in [0.25, 0.3) is 0 Å². The molecular weight excluding hydrogens is 294 g/mol. The molecule has 1 aromatic carbocycles. The number of thioether (sulfide) groups is 1. The van der Waals surface area contributed by atoms with Gasteiger partial charge in [-0.25, -0.2) is 8.78 Å². The summed E-state index contributed by atoms with van der Waals surface area (Å²) in [5.41, 5.74) is 0. The summed E-state index contributed by atoms with van der Waals surface area (Å²) in [5, 5.41) is 0.884. The number of hydrogen-bond acceptors (Lipinski definition) is 1. The minimum atomic E-state index is -0.385. The van der Waals surface area contributed by atoms with Crippen molar-refractivity contribution in [1.82, 2.24) is 0 Å². The quantitative estimate of drug-likeness (QED) is 0.560. The Hall–Kier alpha value is -0.0900. The predicted octanol–water partition coefficient (Wildman–Crippen LogP) is 4.72. The fourth-order valence-corrected chi connectivity index (χ4v) is 3.78. The topological polar surface area (TPSA) is 0 Å². The van der Waals surface area contributed by atoms with Crippen LogP contribution in [-0.4, -0.2) is 11.1 Å². The molecule has 0 amide bonds. The molecule has 1 rings (SSSR count). The van der Waals surface area contributed by atoms with Gasteiger partial charge >= 0.3 is 0 Å². The highest BCUT2D eigenvalue weighted by atomic mass is 79.9. The van der Waals surface area contributed by atoms with Crippen LogP contribution in [0.1, 0.15) is 13.8 Å². The summed E-state index contributed by atoms with van der Waals surface area (Å²) in [6, 6.07) is 3.58. The van der Waals surface area contributed by atoms with Gasteiger partial charge in [-0.2, -0.15) is 0 Å². The van der Waals surface area contributed by atoms with E-state index in [4.69, 9.17) is 0 Å². The minimum Gasteiger partial charge on any atom is -0.207 e. The highest BCUT2D eigenvalue weighted by molar-refractivity contribution is 9.09. The Bertz CT molecular complexity index is 342. The molecule has 0 aliphatic heterocycles. The van der Waals surface area contributed by atoms with Crippen molar-refractivity contribution in [2.24, 2.45) is 11.8 Å². The van der Waals surface area contributed by atoms with Crippen molar-refractivity contribution in [3.05, 3.63) is 29.8 Å². The maximum atomic E-state index is 13.3. The molecule has 4 heteroatoms. The Labute approximate surface area is 108 Å². The first kappa shape index (κ1) is 14.0. The van der Waals surface area contributed by atoms with E-state index < -0.39 is 0 Å². The number of hydrogen-bond donors (Lipinski definition) is 0. The van der Waals surface area contributed by atoms with E-state index >= 15 is 0 Å². The lowest BCUT2D eigenvalue weighted by Gasteiger charge is -2.17. The third kappa shape index (κ3) is 4.06. The molecule has 0 spiro atoms. The Kier molecular flexibility index (Phi) is 5.76. The summed E-state index contributed by atoms with van der Waals surface area (Å²) in [6.45, 7) is 4.27. The lowest BCUT2D eigenvalue weighted by molar-refractivity contribution is 0.474. The van der Waals surface area contributed by atoms with Gasteiger partial charge in [-0.05, 0) is 30.0 Å². The zero-order valence-corrected chi connectivity index (χ0v) is 11.7. The monoisotopic (exact) mass is 308 g/mol. The number of benzene rings is 1. The molecule has 0 nitrogen and oxygen atoms in total. The summed E-state index contributed by atoms with van der Waals surface area (Å²) in [4.78, 5) is 0.395. The number of halogens is 3. The number of rotatable bonds is 5. The fourth-order valence-electron chi connectivity index (χ4n) is 1.20. The molecule has 90 valence electrons.